The molecule has 180 valence electrons. The molecule has 0 bridgehead atoms. The number of methoxy groups -OCH3 is 2. The van der Waals surface area contributed by atoms with Crippen molar-refractivity contribution in [2.75, 3.05) is 20.8 Å². The van der Waals surface area contributed by atoms with Gasteiger partial charge in [-0.15, -0.1) is 0 Å². The number of hydrogen-bond acceptors (Lipinski definition) is 8. The zero-order valence-electron chi connectivity index (χ0n) is 19.7. The highest BCUT2D eigenvalue weighted by molar-refractivity contribution is 7.07. The van der Waals surface area contributed by atoms with Gasteiger partial charge in [-0.2, -0.15) is 0 Å². The summed E-state index contributed by atoms with van der Waals surface area (Å²) in [7, 11) is 2.90. The molecule has 0 saturated heterocycles. The first-order chi connectivity index (χ1) is 16.9. The molecule has 0 aliphatic carbocycles. The van der Waals surface area contributed by atoms with Crippen LogP contribution in [0, 0.1) is 0 Å². The molecule has 9 heteroatoms. The van der Waals surface area contributed by atoms with E-state index in [4.69, 9.17) is 14.2 Å². The standard InChI is InChI=1S/C26H24N2O6S/c1-5-34-25(31)21-15(2)27-26-28(22(21)17-8-10-18(11-9-17)24(30)33-4)23(29)20(35-26)14-16-6-12-19(32-3)13-7-16/h6-14,22H,5H2,1-4H3/b20-14-. The van der Waals surface area contributed by atoms with Crippen molar-refractivity contribution >= 4 is 29.4 Å². The summed E-state index contributed by atoms with van der Waals surface area (Å²) >= 11 is 1.24. The largest absolute Gasteiger partial charge is 0.497 e. The van der Waals surface area contributed by atoms with E-state index in [-0.39, 0.29) is 17.7 Å². The molecular formula is C26H24N2O6S. The Labute approximate surface area is 205 Å². The summed E-state index contributed by atoms with van der Waals surface area (Å²) in [6.45, 7) is 3.63. The van der Waals surface area contributed by atoms with E-state index in [1.807, 2.05) is 24.3 Å². The second kappa shape index (κ2) is 10.1. The second-order valence-corrected chi connectivity index (χ2v) is 8.70. The van der Waals surface area contributed by atoms with Crippen LogP contribution in [0.3, 0.4) is 0 Å². The van der Waals surface area contributed by atoms with Crippen LogP contribution < -0.4 is 19.6 Å². The van der Waals surface area contributed by atoms with Gasteiger partial charge in [0.05, 0.1) is 48.2 Å². The van der Waals surface area contributed by atoms with Crippen molar-refractivity contribution in [1.82, 2.24) is 4.57 Å². The quantitative estimate of drug-likeness (QED) is 0.491. The Kier molecular flexibility index (Phi) is 6.97. The van der Waals surface area contributed by atoms with E-state index in [0.29, 0.717) is 31.9 Å². The molecule has 3 aromatic rings. The number of ether oxygens (including phenoxy) is 3. The van der Waals surface area contributed by atoms with Gasteiger partial charge in [0, 0.05) is 0 Å². The van der Waals surface area contributed by atoms with Gasteiger partial charge < -0.3 is 14.2 Å². The fourth-order valence-electron chi connectivity index (χ4n) is 3.88. The number of carbonyl (C=O) groups excluding carboxylic acids is 2. The highest BCUT2D eigenvalue weighted by Crippen LogP contribution is 2.31. The van der Waals surface area contributed by atoms with Crippen LogP contribution >= 0.6 is 11.3 Å². The molecule has 0 saturated carbocycles. The monoisotopic (exact) mass is 492 g/mol. The number of nitrogens with zero attached hydrogens (tertiary/aromatic N) is 2. The first-order valence-electron chi connectivity index (χ1n) is 10.9. The Morgan fingerprint density at radius 2 is 1.74 bits per heavy atom. The number of fused-ring (bicyclic) bond motifs is 1. The Balaban J connectivity index is 1.89. The van der Waals surface area contributed by atoms with Crippen LogP contribution in [0.15, 0.2) is 69.6 Å². The molecule has 8 nitrogen and oxygen atoms in total. The topological polar surface area (TPSA) is 96.2 Å². The summed E-state index contributed by atoms with van der Waals surface area (Å²) in [4.78, 5) is 43.5. The summed E-state index contributed by atoms with van der Waals surface area (Å²) in [5.74, 6) is -0.300. The predicted octanol–water partition coefficient (Wildman–Crippen LogP) is 2.59. The van der Waals surface area contributed by atoms with Crippen LogP contribution in [0.1, 0.15) is 41.4 Å². The highest BCUT2D eigenvalue weighted by Gasteiger charge is 2.33. The third-order valence-electron chi connectivity index (χ3n) is 5.58. The first-order valence-corrected chi connectivity index (χ1v) is 11.7. The summed E-state index contributed by atoms with van der Waals surface area (Å²) in [5, 5.41) is 0. The molecule has 4 rings (SSSR count). The zero-order chi connectivity index (χ0) is 25.1. The number of allylic oxidation sites excluding steroid dienone is 1. The van der Waals surface area contributed by atoms with Crippen LogP contribution in [-0.4, -0.2) is 37.3 Å². The molecule has 35 heavy (non-hydrogen) atoms. The smallest absolute Gasteiger partial charge is 0.338 e. The fraction of sp³-hybridized carbons (Fsp3) is 0.231. The van der Waals surface area contributed by atoms with Crippen molar-refractivity contribution in [2.45, 2.75) is 19.9 Å². The molecule has 1 aromatic heterocycles. The van der Waals surface area contributed by atoms with Crippen LogP contribution in [-0.2, 0) is 14.3 Å². The first kappa shape index (κ1) is 24.2. The maximum absolute atomic E-state index is 13.6. The molecule has 1 unspecified atom stereocenters. The molecule has 0 amide bonds. The number of esters is 2. The van der Waals surface area contributed by atoms with Crippen molar-refractivity contribution in [2.24, 2.45) is 4.99 Å². The van der Waals surface area contributed by atoms with E-state index in [0.717, 1.165) is 5.56 Å². The maximum Gasteiger partial charge on any atom is 0.338 e. The molecule has 0 radical (unpaired) electrons. The van der Waals surface area contributed by atoms with E-state index in [1.54, 1.807) is 51.3 Å². The third kappa shape index (κ3) is 4.67. The Bertz CT molecular complexity index is 1480. The van der Waals surface area contributed by atoms with Crippen molar-refractivity contribution < 1.29 is 23.8 Å². The second-order valence-electron chi connectivity index (χ2n) is 7.69. The number of carbonyl (C=O) groups is 2. The highest BCUT2D eigenvalue weighted by atomic mass is 32.1. The maximum atomic E-state index is 13.6. The lowest BCUT2D eigenvalue weighted by atomic mass is 9.95. The van der Waals surface area contributed by atoms with Crippen LogP contribution in [0.25, 0.3) is 6.08 Å². The SMILES string of the molecule is CCOC(=O)C1=C(C)N=c2s/c(=C\c3ccc(OC)cc3)c(=O)n2C1c1ccc(C(=O)OC)cc1. The minimum atomic E-state index is -0.755. The fourth-order valence-corrected chi connectivity index (χ4v) is 4.92. The number of rotatable bonds is 6. The molecule has 1 aliphatic rings. The van der Waals surface area contributed by atoms with E-state index in [2.05, 4.69) is 4.99 Å². The number of benzene rings is 2. The van der Waals surface area contributed by atoms with Gasteiger partial charge in [-0.05, 0) is 55.3 Å². The van der Waals surface area contributed by atoms with Crippen molar-refractivity contribution in [3.63, 3.8) is 0 Å². The number of thiazole rings is 1. The predicted molar refractivity (Wildman–Crippen MR) is 131 cm³/mol. The lowest BCUT2D eigenvalue weighted by molar-refractivity contribution is -0.139. The average Bonchev–Trinajstić information content (AvgIpc) is 3.17. The van der Waals surface area contributed by atoms with Crippen molar-refractivity contribution in [3.8, 4) is 5.75 Å². The van der Waals surface area contributed by atoms with Crippen LogP contribution in [0.5, 0.6) is 5.75 Å². The van der Waals surface area contributed by atoms with Gasteiger partial charge in [0.15, 0.2) is 4.80 Å². The lowest BCUT2D eigenvalue weighted by Gasteiger charge is -2.24. The number of hydrogen-bond donors (Lipinski definition) is 0. The molecule has 0 spiro atoms. The van der Waals surface area contributed by atoms with Gasteiger partial charge in [-0.25, -0.2) is 14.6 Å². The molecule has 1 aliphatic heterocycles. The van der Waals surface area contributed by atoms with Gasteiger partial charge in [-0.1, -0.05) is 35.6 Å². The van der Waals surface area contributed by atoms with E-state index < -0.39 is 18.0 Å². The molecule has 2 aromatic carbocycles. The molecule has 0 N–H and O–H groups in total. The Morgan fingerprint density at radius 3 is 2.34 bits per heavy atom. The minimum Gasteiger partial charge on any atom is -0.497 e. The van der Waals surface area contributed by atoms with Gasteiger partial charge in [0.25, 0.3) is 5.56 Å². The third-order valence-corrected chi connectivity index (χ3v) is 6.56. The molecule has 2 heterocycles. The zero-order valence-corrected chi connectivity index (χ0v) is 20.5. The minimum absolute atomic E-state index is 0.186. The Morgan fingerprint density at radius 1 is 1.06 bits per heavy atom. The van der Waals surface area contributed by atoms with E-state index in [9.17, 15) is 14.4 Å². The van der Waals surface area contributed by atoms with E-state index in [1.165, 1.54) is 23.0 Å². The average molecular weight is 493 g/mol. The lowest BCUT2D eigenvalue weighted by Crippen LogP contribution is -2.39. The Hall–Kier alpha value is -3.98. The van der Waals surface area contributed by atoms with E-state index >= 15 is 0 Å². The summed E-state index contributed by atoms with van der Waals surface area (Å²) in [6, 6.07) is 13.2. The van der Waals surface area contributed by atoms with Gasteiger partial charge in [-0.3, -0.25) is 9.36 Å². The number of aromatic nitrogens is 1. The van der Waals surface area contributed by atoms with Crippen LogP contribution in [0.4, 0.5) is 0 Å². The summed E-state index contributed by atoms with van der Waals surface area (Å²) in [6.07, 6.45) is 1.78. The summed E-state index contributed by atoms with van der Waals surface area (Å²) in [5.41, 5.74) is 2.31. The van der Waals surface area contributed by atoms with Gasteiger partial charge >= 0.3 is 11.9 Å². The summed E-state index contributed by atoms with van der Waals surface area (Å²) < 4.78 is 17.3. The van der Waals surface area contributed by atoms with Crippen molar-refractivity contribution in [1.29, 1.82) is 0 Å². The van der Waals surface area contributed by atoms with Gasteiger partial charge in [0.2, 0.25) is 0 Å². The normalized spacial score (nSPS) is 15.3. The van der Waals surface area contributed by atoms with Gasteiger partial charge in [0.1, 0.15) is 5.75 Å². The molecular weight excluding hydrogens is 468 g/mol. The van der Waals surface area contributed by atoms with Crippen LogP contribution in [0.2, 0.25) is 0 Å². The van der Waals surface area contributed by atoms with Crippen molar-refractivity contribution in [3.05, 3.63) is 96.2 Å². The molecule has 0 fully saturated rings. The molecule has 1 atom stereocenters.